The van der Waals surface area contributed by atoms with Gasteiger partial charge in [0.1, 0.15) is 0 Å². The number of nitrogens with zero attached hydrogens (tertiary/aromatic N) is 4. The molecule has 16 heteroatoms. The van der Waals surface area contributed by atoms with E-state index in [9.17, 15) is 29.3 Å². The molecule has 350 valence electrons. The first-order valence-corrected chi connectivity index (χ1v) is 22.7. The van der Waals surface area contributed by atoms with Crippen molar-refractivity contribution in [3.63, 3.8) is 0 Å². The molecule has 0 aliphatic carbocycles. The molecule has 0 aliphatic rings. The van der Waals surface area contributed by atoms with E-state index in [-0.39, 0.29) is 43.8 Å². The Morgan fingerprint density at radius 1 is 0.625 bits per heavy atom. The summed E-state index contributed by atoms with van der Waals surface area (Å²) in [7, 11) is 0. The van der Waals surface area contributed by atoms with Crippen LogP contribution in [-0.2, 0) is 38.1 Å². The average molecular weight is 889 g/mol. The number of esters is 2. The fraction of sp³-hybridized carbons (Fsp3) is 0.583. The molecule has 0 heterocycles. The number of hydrogen-bond acceptors (Lipinski definition) is 13. The van der Waals surface area contributed by atoms with Crippen molar-refractivity contribution in [2.45, 2.75) is 117 Å². The lowest BCUT2D eigenvalue weighted by atomic mass is 10.1. The van der Waals surface area contributed by atoms with Gasteiger partial charge in [0.15, 0.2) is 0 Å². The topological polar surface area (TPSA) is 200 Å². The maximum absolute atomic E-state index is 12.3. The average Bonchev–Trinajstić information content (AvgIpc) is 3.27. The van der Waals surface area contributed by atoms with Crippen LogP contribution in [0.3, 0.4) is 0 Å². The van der Waals surface area contributed by atoms with Gasteiger partial charge in [0.25, 0.3) is 5.69 Å². The second kappa shape index (κ2) is 36.8. The number of carbonyl (C=O) groups excluding carboxylic acids is 4. The van der Waals surface area contributed by atoms with Gasteiger partial charge < -0.3 is 29.6 Å². The van der Waals surface area contributed by atoms with E-state index in [1.807, 2.05) is 0 Å². The smallest absolute Gasteiger partial charge is 0.320 e. The highest BCUT2D eigenvalue weighted by atomic mass is 16.6. The van der Waals surface area contributed by atoms with Crippen molar-refractivity contribution in [1.82, 2.24) is 10.2 Å². The highest BCUT2D eigenvalue weighted by Crippen LogP contribution is 2.22. The second-order valence-electron chi connectivity index (χ2n) is 14.8. The van der Waals surface area contributed by atoms with E-state index in [0.717, 1.165) is 89.9 Å². The Morgan fingerprint density at radius 2 is 1.09 bits per heavy atom. The number of unbranched alkanes of at least 4 members (excludes halogenated alkanes) is 12. The standard InChI is InChI=1S/C48H68N6O10/c1-3-63-47(57)39-53(40-48(58)64-4-2)34-36-62-38-37-61-35-33-49-45(55)23-21-19-17-15-13-11-9-7-5-6-8-10-12-14-16-18-20-22-24-46(56)50-41-25-27-42(28-26-41)51-52-43-29-31-44(32-30-43)54(59)60/h25-32H,3-4,9-24,33-40H2,1-2H3,(H,49,55)(H,50,56). The van der Waals surface area contributed by atoms with Crippen LogP contribution in [-0.4, -0.2) is 99.4 Å². The third-order valence-corrected chi connectivity index (χ3v) is 9.45. The van der Waals surface area contributed by atoms with Crippen molar-refractivity contribution >= 4 is 46.5 Å². The summed E-state index contributed by atoms with van der Waals surface area (Å²) in [4.78, 5) is 60.0. The maximum atomic E-state index is 12.3. The third kappa shape index (κ3) is 29.6. The van der Waals surface area contributed by atoms with Gasteiger partial charge in [0.05, 0.1) is 69.0 Å². The Kier molecular flexibility index (Phi) is 31.3. The largest absolute Gasteiger partial charge is 0.465 e. The van der Waals surface area contributed by atoms with Crippen LogP contribution in [0.1, 0.15) is 117 Å². The van der Waals surface area contributed by atoms with E-state index in [1.165, 1.54) is 24.3 Å². The zero-order valence-electron chi connectivity index (χ0n) is 37.9. The lowest BCUT2D eigenvalue weighted by Gasteiger charge is -2.20. The number of rotatable bonds is 35. The zero-order chi connectivity index (χ0) is 46.3. The minimum absolute atomic E-state index is 0.00387. The number of benzene rings is 2. The number of carbonyl (C=O) groups is 4. The molecular weight excluding hydrogens is 821 g/mol. The van der Waals surface area contributed by atoms with Gasteiger partial charge in [-0.05, 0) is 87.8 Å². The van der Waals surface area contributed by atoms with Crippen LogP contribution in [0.15, 0.2) is 58.8 Å². The molecule has 0 fully saturated rings. The first-order valence-electron chi connectivity index (χ1n) is 22.7. The summed E-state index contributed by atoms with van der Waals surface area (Å²) in [6.45, 7) is 6.21. The molecule has 0 aliphatic heterocycles. The SMILES string of the molecule is CCOC(=O)CN(CCOCCOCCNC(=O)CCCCCCCCC#CC#CCCCCCCCCC(=O)Nc1ccc(N=Nc2ccc([N+](=O)[O-])cc2)cc1)CC(=O)OCC. The van der Waals surface area contributed by atoms with Gasteiger partial charge in [-0.2, -0.15) is 10.2 Å². The molecular formula is C48H68N6O10. The molecule has 0 atom stereocenters. The minimum Gasteiger partial charge on any atom is -0.465 e. The van der Waals surface area contributed by atoms with Gasteiger partial charge in [-0.3, -0.25) is 34.2 Å². The van der Waals surface area contributed by atoms with E-state index in [0.29, 0.717) is 69.4 Å². The Labute approximate surface area is 379 Å². The fourth-order valence-corrected chi connectivity index (χ4v) is 6.08. The van der Waals surface area contributed by atoms with Crippen LogP contribution in [0.25, 0.3) is 0 Å². The Hall–Kier alpha value is -5.68. The van der Waals surface area contributed by atoms with E-state index in [4.69, 9.17) is 18.9 Å². The van der Waals surface area contributed by atoms with Gasteiger partial charge in [0, 0.05) is 56.6 Å². The van der Waals surface area contributed by atoms with Gasteiger partial charge in [0.2, 0.25) is 11.8 Å². The molecule has 0 saturated carbocycles. The minimum atomic E-state index is -0.465. The van der Waals surface area contributed by atoms with Crippen molar-refractivity contribution in [1.29, 1.82) is 0 Å². The molecule has 2 rings (SSSR count). The summed E-state index contributed by atoms with van der Waals surface area (Å²) >= 11 is 0. The number of ether oxygens (including phenoxy) is 4. The molecule has 2 N–H and O–H groups in total. The Balaban J connectivity index is 1.34. The molecule has 0 saturated heterocycles. The number of nitro groups is 1. The van der Waals surface area contributed by atoms with Crippen LogP contribution in [0.2, 0.25) is 0 Å². The van der Waals surface area contributed by atoms with Gasteiger partial charge in [-0.15, -0.1) is 0 Å². The summed E-state index contributed by atoms with van der Waals surface area (Å²) in [5.74, 6) is 11.4. The van der Waals surface area contributed by atoms with Crippen molar-refractivity contribution in [3.05, 3.63) is 58.6 Å². The summed E-state index contributed by atoms with van der Waals surface area (Å²) in [6, 6.07) is 12.9. The molecule has 0 radical (unpaired) electrons. The lowest BCUT2D eigenvalue weighted by Crippen LogP contribution is -2.38. The van der Waals surface area contributed by atoms with Crippen LogP contribution in [0, 0.1) is 33.8 Å². The van der Waals surface area contributed by atoms with E-state index < -0.39 is 16.9 Å². The molecule has 2 aromatic carbocycles. The number of nitrogens with one attached hydrogen (secondary N) is 2. The Bertz CT molecular complexity index is 1780. The molecule has 0 unspecified atom stereocenters. The number of amides is 2. The molecule has 16 nitrogen and oxygen atoms in total. The van der Waals surface area contributed by atoms with Crippen LogP contribution >= 0.6 is 0 Å². The number of azo groups is 1. The predicted molar refractivity (Wildman–Crippen MR) is 246 cm³/mol. The number of non-ortho nitro benzene ring substituents is 1. The summed E-state index contributed by atoms with van der Waals surface area (Å²) in [5.41, 5.74) is 1.80. The van der Waals surface area contributed by atoms with Gasteiger partial charge >= 0.3 is 11.9 Å². The van der Waals surface area contributed by atoms with E-state index >= 15 is 0 Å². The summed E-state index contributed by atoms with van der Waals surface area (Å²) in [5, 5.41) is 24.8. The normalized spacial score (nSPS) is 10.7. The molecule has 0 spiro atoms. The third-order valence-electron chi connectivity index (χ3n) is 9.45. The quantitative estimate of drug-likeness (QED) is 0.0167. The molecule has 2 amide bonds. The highest BCUT2D eigenvalue weighted by molar-refractivity contribution is 5.90. The molecule has 0 aromatic heterocycles. The number of nitro benzene ring substituents is 1. The second-order valence-corrected chi connectivity index (χ2v) is 14.8. The van der Waals surface area contributed by atoms with Gasteiger partial charge in [-0.25, -0.2) is 0 Å². The molecule has 0 bridgehead atoms. The summed E-state index contributed by atoms with van der Waals surface area (Å²) in [6.07, 6.45) is 15.2. The Morgan fingerprint density at radius 3 is 1.61 bits per heavy atom. The van der Waals surface area contributed by atoms with E-state index in [1.54, 1.807) is 43.0 Å². The van der Waals surface area contributed by atoms with Crippen molar-refractivity contribution in [3.8, 4) is 23.7 Å². The van der Waals surface area contributed by atoms with Crippen LogP contribution < -0.4 is 10.6 Å². The van der Waals surface area contributed by atoms with Crippen LogP contribution in [0.5, 0.6) is 0 Å². The molecule has 2 aromatic rings. The zero-order valence-corrected chi connectivity index (χ0v) is 37.9. The van der Waals surface area contributed by atoms with Crippen molar-refractivity contribution in [2.75, 3.05) is 71.1 Å². The fourth-order valence-electron chi connectivity index (χ4n) is 6.08. The molecule has 64 heavy (non-hydrogen) atoms. The summed E-state index contributed by atoms with van der Waals surface area (Å²) < 4.78 is 21.0. The maximum Gasteiger partial charge on any atom is 0.320 e. The van der Waals surface area contributed by atoms with E-state index in [2.05, 4.69) is 44.5 Å². The van der Waals surface area contributed by atoms with Crippen molar-refractivity contribution in [2.24, 2.45) is 10.2 Å². The number of anilines is 1. The number of hydrogen-bond donors (Lipinski definition) is 2. The highest BCUT2D eigenvalue weighted by Gasteiger charge is 2.16. The monoisotopic (exact) mass is 888 g/mol. The predicted octanol–water partition coefficient (Wildman–Crippen LogP) is 8.77. The first-order chi connectivity index (χ1) is 31.2. The lowest BCUT2D eigenvalue weighted by molar-refractivity contribution is -0.384. The van der Waals surface area contributed by atoms with Crippen LogP contribution in [0.4, 0.5) is 22.7 Å². The first kappa shape index (κ1) is 54.5. The van der Waals surface area contributed by atoms with Gasteiger partial charge in [-0.1, -0.05) is 63.2 Å². The van der Waals surface area contributed by atoms with Crippen molar-refractivity contribution < 1.29 is 43.0 Å².